The molecule has 0 aromatic rings. The van der Waals surface area contributed by atoms with Crippen LogP contribution >= 0.6 is 0 Å². The fourth-order valence-electron chi connectivity index (χ4n) is 1.24. The monoisotopic (exact) mass is 268 g/mol. The number of hydrogen-bond donors (Lipinski definition) is 1. The maximum absolute atomic E-state index is 8.55. The van der Waals surface area contributed by atoms with Crippen molar-refractivity contribution in [2.75, 3.05) is 13.2 Å². The van der Waals surface area contributed by atoms with E-state index >= 15 is 0 Å². The summed E-state index contributed by atoms with van der Waals surface area (Å²) in [5.74, 6) is 0. The molecule has 0 radical (unpaired) electrons. The van der Waals surface area contributed by atoms with Crippen LogP contribution in [0.3, 0.4) is 0 Å². The van der Waals surface area contributed by atoms with Crippen LogP contribution in [0.5, 0.6) is 0 Å². The van der Waals surface area contributed by atoms with Gasteiger partial charge in [-0.2, -0.15) is 0 Å². The number of aliphatic hydroxyl groups is 1. The molecule has 0 aliphatic rings. The molecule has 0 amide bonds. The quantitative estimate of drug-likeness (QED) is 0.514. The molecule has 0 saturated carbocycles. The summed E-state index contributed by atoms with van der Waals surface area (Å²) in [5.41, 5.74) is 0. The van der Waals surface area contributed by atoms with Gasteiger partial charge in [0.05, 0.1) is 6.10 Å². The SMILES string of the molecule is CC(C)OCCCCCCCCO.[O-2].[O-2].[Ti+4]. The molecule has 0 rings (SSSR count). The first-order valence-corrected chi connectivity index (χ1v) is 5.50. The van der Waals surface area contributed by atoms with Crippen LogP contribution in [-0.4, -0.2) is 24.4 Å². The molecule has 0 aromatic carbocycles. The Balaban J connectivity index is -0.000000240. The van der Waals surface area contributed by atoms with Gasteiger partial charge in [0.25, 0.3) is 0 Å². The summed E-state index contributed by atoms with van der Waals surface area (Å²) in [6.45, 7) is 5.39. The molecule has 0 saturated heterocycles. The number of ether oxygens (including phenoxy) is 1. The molecule has 0 heterocycles. The molecule has 0 unspecified atom stereocenters. The molecule has 5 heteroatoms. The van der Waals surface area contributed by atoms with Crippen LogP contribution in [0.1, 0.15) is 52.4 Å². The smallest absolute Gasteiger partial charge is 2.00 e. The van der Waals surface area contributed by atoms with Crippen LogP contribution in [0.2, 0.25) is 0 Å². The first kappa shape index (κ1) is 25.4. The molecule has 16 heavy (non-hydrogen) atoms. The zero-order valence-corrected chi connectivity index (χ0v) is 12.0. The van der Waals surface area contributed by atoms with Gasteiger partial charge in [-0.05, 0) is 26.7 Å². The Labute approximate surface area is 114 Å². The second kappa shape index (κ2) is 20.9. The third kappa shape index (κ3) is 24.0. The minimum atomic E-state index is 0. The first-order chi connectivity index (χ1) is 6.27. The minimum Gasteiger partial charge on any atom is -2.00 e. The standard InChI is InChI=1S/C11H24O2.2O.Ti/c1-11(2)13-10-8-6-4-3-5-7-9-12;;;/h11-12H,3-10H2,1-2H3;;;/q;2*-2;+4. The van der Waals surface area contributed by atoms with Gasteiger partial charge in [0.2, 0.25) is 0 Å². The molecule has 0 bridgehead atoms. The summed E-state index contributed by atoms with van der Waals surface area (Å²) in [6, 6.07) is 0. The van der Waals surface area contributed by atoms with Gasteiger partial charge in [0.15, 0.2) is 0 Å². The van der Waals surface area contributed by atoms with Crippen LogP contribution in [0, 0.1) is 0 Å². The van der Waals surface area contributed by atoms with Gasteiger partial charge >= 0.3 is 21.7 Å². The van der Waals surface area contributed by atoms with Crippen molar-refractivity contribution in [1.82, 2.24) is 0 Å². The van der Waals surface area contributed by atoms with E-state index in [0.717, 1.165) is 13.0 Å². The average Bonchev–Trinajstić information content (AvgIpc) is 2.09. The molecule has 4 nitrogen and oxygen atoms in total. The molecule has 96 valence electrons. The van der Waals surface area contributed by atoms with Gasteiger partial charge in [0, 0.05) is 13.2 Å². The predicted octanol–water partition coefficient (Wildman–Crippen LogP) is 2.50. The Morgan fingerprint density at radius 2 is 1.31 bits per heavy atom. The van der Waals surface area contributed by atoms with E-state index in [2.05, 4.69) is 13.8 Å². The van der Waals surface area contributed by atoms with Crippen LogP contribution in [0.4, 0.5) is 0 Å². The van der Waals surface area contributed by atoms with E-state index in [1.807, 2.05) is 0 Å². The third-order valence-corrected chi connectivity index (χ3v) is 2.00. The van der Waals surface area contributed by atoms with Crippen molar-refractivity contribution in [2.24, 2.45) is 0 Å². The summed E-state index contributed by atoms with van der Waals surface area (Å²) < 4.78 is 5.43. The van der Waals surface area contributed by atoms with Crippen molar-refractivity contribution in [3.8, 4) is 0 Å². The van der Waals surface area contributed by atoms with Gasteiger partial charge in [-0.25, -0.2) is 0 Å². The zero-order valence-electron chi connectivity index (χ0n) is 10.4. The normalized spacial score (nSPS) is 9.00. The van der Waals surface area contributed by atoms with Crippen LogP contribution < -0.4 is 0 Å². The van der Waals surface area contributed by atoms with Crippen LogP contribution in [0.25, 0.3) is 0 Å². The van der Waals surface area contributed by atoms with Crippen LogP contribution in [0.15, 0.2) is 0 Å². The Morgan fingerprint density at radius 1 is 0.875 bits per heavy atom. The molecule has 0 aliphatic carbocycles. The van der Waals surface area contributed by atoms with E-state index in [1.165, 1.54) is 32.1 Å². The Kier molecular flexibility index (Phi) is 33.2. The first-order valence-electron chi connectivity index (χ1n) is 5.50. The van der Waals surface area contributed by atoms with Crippen LogP contribution in [-0.2, 0) is 37.4 Å². The van der Waals surface area contributed by atoms with Gasteiger partial charge in [-0.3, -0.25) is 0 Å². The largest absolute Gasteiger partial charge is 4.00 e. The summed E-state index contributed by atoms with van der Waals surface area (Å²) in [6.07, 6.45) is 7.47. The van der Waals surface area contributed by atoms with Crippen molar-refractivity contribution in [1.29, 1.82) is 0 Å². The van der Waals surface area contributed by atoms with Crippen molar-refractivity contribution in [3.63, 3.8) is 0 Å². The molecule has 0 aliphatic heterocycles. The summed E-state index contributed by atoms with van der Waals surface area (Å²) in [7, 11) is 0. The summed E-state index contributed by atoms with van der Waals surface area (Å²) in [5, 5.41) is 8.55. The van der Waals surface area contributed by atoms with Gasteiger partial charge in [-0.15, -0.1) is 0 Å². The van der Waals surface area contributed by atoms with E-state index < -0.39 is 0 Å². The van der Waals surface area contributed by atoms with Gasteiger partial charge in [-0.1, -0.05) is 25.7 Å². The second-order valence-corrected chi connectivity index (χ2v) is 3.76. The molecule has 0 aromatic heterocycles. The average molecular weight is 268 g/mol. The minimum absolute atomic E-state index is 0. The fourth-order valence-corrected chi connectivity index (χ4v) is 1.24. The topological polar surface area (TPSA) is 86.5 Å². The maximum Gasteiger partial charge on any atom is 4.00 e. The molecular weight excluding hydrogens is 244 g/mol. The van der Waals surface area contributed by atoms with Crippen molar-refractivity contribution < 1.29 is 42.5 Å². The van der Waals surface area contributed by atoms with E-state index in [9.17, 15) is 0 Å². The number of rotatable bonds is 9. The summed E-state index contributed by atoms with van der Waals surface area (Å²) >= 11 is 0. The van der Waals surface area contributed by atoms with E-state index in [1.54, 1.807) is 0 Å². The maximum atomic E-state index is 8.55. The second-order valence-electron chi connectivity index (χ2n) is 3.76. The summed E-state index contributed by atoms with van der Waals surface area (Å²) in [4.78, 5) is 0. The van der Waals surface area contributed by atoms with Crippen molar-refractivity contribution >= 4 is 0 Å². The fraction of sp³-hybridized carbons (Fsp3) is 1.00. The molecule has 0 spiro atoms. The Bertz CT molecular complexity index is 102. The predicted molar refractivity (Wildman–Crippen MR) is 57.2 cm³/mol. The van der Waals surface area contributed by atoms with E-state index in [0.29, 0.717) is 12.7 Å². The van der Waals surface area contributed by atoms with Gasteiger partial charge < -0.3 is 20.8 Å². The van der Waals surface area contributed by atoms with E-state index in [4.69, 9.17) is 9.84 Å². The molecule has 0 fully saturated rings. The number of hydrogen-bond acceptors (Lipinski definition) is 2. The van der Waals surface area contributed by atoms with Crippen molar-refractivity contribution in [3.05, 3.63) is 0 Å². The number of aliphatic hydroxyl groups excluding tert-OH is 1. The molecule has 0 atom stereocenters. The van der Waals surface area contributed by atoms with Gasteiger partial charge in [0.1, 0.15) is 0 Å². The number of unbranched alkanes of at least 4 members (excludes halogenated alkanes) is 5. The molecule has 1 N–H and O–H groups in total. The Morgan fingerprint density at radius 3 is 1.75 bits per heavy atom. The van der Waals surface area contributed by atoms with E-state index in [-0.39, 0.29) is 32.7 Å². The van der Waals surface area contributed by atoms with Crippen molar-refractivity contribution in [2.45, 2.75) is 58.5 Å². The Hall–Kier alpha value is 0.554. The third-order valence-electron chi connectivity index (χ3n) is 2.00. The zero-order chi connectivity index (χ0) is 9.94. The molecular formula is C11H24O4Ti.